The quantitative estimate of drug-likeness (QED) is 0.764. The Kier molecular flexibility index (Phi) is 5.19. The number of unbranched alkanes of at least 4 members (excludes halogenated alkanes) is 1. The van der Waals surface area contributed by atoms with Crippen molar-refractivity contribution in [2.45, 2.75) is 51.0 Å². The summed E-state index contributed by atoms with van der Waals surface area (Å²) in [6, 6.07) is 0.561. The van der Waals surface area contributed by atoms with Gasteiger partial charge in [0.25, 0.3) is 0 Å². The number of amides is 1. The van der Waals surface area contributed by atoms with Crippen LogP contribution < -0.4 is 0 Å². The second kappa shape index (κ2) is 6.89. The second-order valence-corrected chi connectivity index (χ2v) is 5.63. The average molecular weight is 268 g/mol. The molecule has 5 nitrogen and oxygen atoms in total. The van der Waals surface area contributed by atoms with E-state index in [1.807, 2.05) is 4.90 Å². The molecule has 0 aliphatic carbocycles. The molecule has 0 aromatic rings. The van der Waals surface area contributed by atoms with E-state index >= 15 is 0 Å². The normalized spacial score (nSPS) is 24.0. The third-order valence-corrected chi connectivity index (χ3v) is 4.19. The predicted octanol–water partition coefficient (Wildman–Crippen LogP) is 1.33. The van der Waals surface area contributed by atoms with Crippen molar-refractivity contribution in [2.24, 2.45) is 0 Å². The molecule has 0 aromatic carbocycles. The zero-order valence-corrected chi connectivity index (χ0v) is 11.5. The summed E-state index contributed by atoms with van der Waals surface area (Å²) in [7, 11) is 0. The van der Waals surface area contributed by atoms with E-state index in [0.29, 0.717) is 25.3 Å². The maximum atomic E-state index is 12.1. The fraction of sp³-hybridized carbons (Fsp3) is 0.857. The molecule has 2 rings (SSSR count). The number of hydrogen-bond donors (Lipinski definition) is 1. The summed E-state index contributed by atoms with van der Waals surface area (Å²) in [6.45, 7) is 4.04. The minimum atomic E-state index is -0.774. The average Bonchev–Trinajstić information content (AvgIpc) is 2.71. The highest BCUT2D eigenvalue weighted by atomic mass is 16.4. The fourth-order valence-corrected chi connectivity index (χ4v) is 3.14. The molecule has 1 unspecified atom stereocenters. The maximum absolute atomic E-state index is 12.1. The molecule has 1 N–H and O–H groups in total. The molecule has 0 aromatic heterocycles. The highest BCUT2D eigenvalue weighted by Gasteiger charge is 2.30. The van der Waals surface area contributed by atoms with Crippen LogP contribution in [0.2, 0.25) is 0 Å². The maximum Gasteiger partial charge on any atom is 0.303 e. The SMILES string of the molecule is O=C(O)CCCCC(=O)N1CCCN2CCCC2C1. The summed E-state index contributed by atoms with van der Waals surface area (Å²) >= 11 is 0. The van der Waals surface area contributed by atoms with E-state index < -0.39 is 5.97 Å². The first-order chi connectivity index (χ1) is 9.16. The molecule has 2 aliphatic heterocycles. The van der Waals surface area contributed by atoms with E-state index in [1.54, 1.807) is 0 Å². The van der Waals surface area contributed by atoms with E-state index in [2.05, 4.69) is 4.90 Å². The number of rotatable bonds is 5. The van der Waals surface area contributed by atoms with Crippen molar-refractivity contribution in [2.75, 3.05) is 26.2 Å². The molecule has 19 heavy (non-hydrogen) atoms. The van der Waals surface area contributed by atoms with E-state index in [9.17, 15) is 9.59 Å². The van der Waals surface area contributed by atoms with Crippen LogP contribution in [0.5, 0.6) is 0 Å². The molecule has 0 saturated carbocycles. The molecular formula is C14H24N2O3. The lowest BCUT2D eigenvalue weighted by molar-refractivity contribution is -0.137. The molecule has 0 radical (unpaired) electrons. The number of carbonyl (C=O) groups is 2. The van der Waals surface area contributed by atoms with Gasteiger partial charge in [0.2, 0.25) is 5.91 Å². The number of aliphatic carboxylic acids is 1. The topological polar surface area (TPSA) is 60.9 Å². The van der Waals surface area contributed by atoms with Crippen molar-refractivity contribution in [1.29, 1.82) is 0 Å². The fourth-order valence-electron chi connectivity index (χ4n) is 3.14. The molecule has 2 heterocycles. The zero-order chi connectivity index (χ0) is 13.7. The third-order valence-electron chi connectivity index (χ3n) is 4.19. The van der Waals surface area contributed by atoms with E-state index in [4.69, 9.17) is 5.11 Å². The van der Waals surface area contributed by atoms with Crippen LogP contribution in [0.25, 0.3) is 0 Å². The number of hydrogen-bond acceptors (Lipinski definition) is 3. The van der Waals surface area contributed by atoms with Gasteiger partial charge in [0.05, 0.1) is 0 Å². The largest absolute Gasteiger partial charge is 0.481 e. The van der Waals surface area contributed by atoms with Gasteiger partial charge < -0.3 is 10.0 Å². The molecule has 2 fully saturated rings. The van der Waals surface area contributed by atoms with Crippen LogP contribution in [0.15, 0.2) is 0 Å². The summed E-state index contributed by atoms with van der Waals surface area (Å²) in [5.74, 6) is -0.567. The molecule has 108 valence electrons. The molecular weight excluding hydrogens is 244 g/mol. The van der Waals surface area contributed by atoms with Gasteiger partial charge in [-0.2, -0.15) is 0 Å². The van der Waals surface area contributed by atoms with Gasteiger partial charge in [-0.1, -0.05) is 0 Å². The summed E-state index contributed by atoms with van der Waals surface area (Å²) < 4.78 is 0. The van der Waals surface area contributed by atoms with Gasteiger partial charge in [-0.15, -0.1) is 0 Å². The van der Waals surface area contributed by atoms with Gasteiger partial charge in [0, 0.05) is 38.5 Å². The summed E-state index contributed by atoms with van der Waals surface area (Å²) in [5, 5.41) is 8.57. The minimum Gasteiger partial charge on any atom is -0.481 e. The number of fused-ring (bicyclic) bond motifs is 1. The van der Waals surface area contributed by atoms with Crippen molar-refractivity contribution in [3.05, 3.63) is 0 Å². The Hall–Kier alpha value is -1.10. The standard InChI is InChI=1S/C14H24N2O3/c17-13(6-1-2-7-14(18)19)16-10-4-9-15-8-3-5-12(15)11-16/h12H,1-11H2,(H,18,19). The first kappa shape index (κ1) is 14.3. The van der Waals surface area contributed by atoms with Gasteiger partial charge >= 0.3 is 5.97 Å². The number of nitrogens with zero attached hydrogens (tertiary/aromatic N) is 2. The Morgan fingerprint density at radius 2 is 1.79 bits per heavy atom. The van der Waals surface area contributed by atoms with Crippen LogP contribution in [-0.4, -0.2) is 59.0 Å². The molecule has 5 heteroatoms. The number of carbonyl (C=O) groups excluding carboxylic acids is 1. The molecule has 1 amide bonds. The minimum absolute atomic E-state index is 0.170. The van der Waals surface area contributed by atoms with Gasteiger partial charge in [0.15, 0.2) is 0 Å². The van der Waals surface area contributed by atoms with Crippen molar-refractivity contribution in [3.8, 4) is 0 Å². The van der Waals surface area contributed by atoms with Gasteiger partial charge in [-0.25, -0.2) is 0 Å². The van der Waals surface area contributed by atoms with Crippen LogP contribution in [-0.2, 0) is 9.59 Å². The Bertz CT molecular complexity index is 333. The van der Waals surface area contributed by atoms with Crippen LogP contribution in [0.1, 0.15) is 44.9 Å². The van der Waals surface area contributed by atoms with Crippen LogP contribution in [0, 0.1) is 0 Å². The predicted molar refractivity (Wildman–Crippen MR) is 71.9 cm³/mol. The van der Waals surface area contributed by atoms with Crippen molar-refractivity contribution in [1.82, 2.24) is 9.80 Å². The van der Waals surface area contributed by atoms with Gasteiger partial charge in [-0.05, 0) is 38.6 Å². The van der Waals surface area contributed by atoms with E-state index in [-0.39, 0.29) is 12.3 Å². The lowest BCUT2D eigenvalue weighted by atomic mass is 10.1. The highest BCUT2D eigenvalue weighted by Crippen LogP contribution is 2.21. The number of carboxylic acids is 1. The first-order valence-corrected chi connectivity index (χ1v) is 7.40. The zero-order valence-electron chi connectivity index (χ0n) is 11.5. The van der Waals surface area contributed by atoms with Crippen LogP contribution >= 0.6 is 0 Å². The molecule has 0 bridgehead atoms. The van der Waals surface area contributed by atoms with E-state index in [0.717, 1.165) is 26.1 Å². The van der Waals surface area contributed by atoms with Gasteiger partial charge in [0.1, 0.15) is 0 Å². The lowest BCUT2D eigenvalue weighted by Gasteiger charge is -2.25. The number of carboxylic acid groups (broad SMARTS) is 1. The summed E-state index contributed by atoms with van der Waals surface area (Å²) in [6.07, 6.45) is 5.50. The second-order valence-electron chi connectivity index (χ2n) is 5.63. The van der Waals surface area contributed by atoms with Gasteiger partial charge in [-0.3, -0.25) is 14.5 Å². The van der Waals surface area contributed by atoms with Crippen LogP contribution in [0.4, 0.5) is 0 Å². The Balaban J connectivity index is 1.73. The monoisotopic (exact) mass is 268 g/mol. The summed E-state index contributed by atoms with van der Waals surface area (Å²) in [4.78, 5) is 27.1. The smallest absolute Gasteiger partial charge is 0.303 e. The molecule has 2 aliphatic rings. The molecule has 0 spiro atoms. The highest BCUT2D eigenvalue weighted by molar-refractivity contribution is 5.76. The summed E-state index contributed by atoms with van der Waals surface area (Å²) in [5.41, 5.74) is 0. The van der Waals surface area contributed by atoms with Crippen LogP contribution in [0.3, 0.4) is 0 Å². The molecule has 2 saturated heterocycles. The third kappa shape index (κ3) is 4.20. The molecule has 1 atom stereocenters. The first-order valence-electron chi connectivity index (χ1n) is 7.40. The lowest BCUT2D eigenvalue weighted by Crippen LogP contribution is -2.39. The Morgan fingerprint density at radius 3 is 2.58 bits per heavy atom. The Morgan fingerprint density at radius 1 is 1.05 bits per heavy atom. The van der Waals surface area contributed by atoms with E-state index in [1.165, 1.54) is 19.4 Å². The Labute approximate surface area is 114 Å². The van der Waals surface area contributed by atoms with Crippen molar-refractivity contribution < 1.29 is 14.7 Å². The van der Waals surface area contributed by atoms with Crippen molar-refractivity contribution >= 4 is 11.9 Å². The van der Waals surface area contributed by atoms with Crippen molar-refractivity contribution in [3.63, 3.8) is 0 Å².